The van der Waals surface area contributed by atoms with Crippen molar-refractivity contribution in [2.24, 2.45) is 0 Å². The van der Waals surface area contributed by atoms with Crippen LogP contribution in [-0.2, 0) is 42.6 Å². The Hall–Kier alpha value is -0.400. The number of hydrogen-bond donors (Lipinski definition) is 1. The minimum Gasteiger partial charge on any atom is -0.382 e. The van der Waals surface area contributed by atoms with Crippen molar-refractivity contribution in [3.8, 4) is 0 Å². The number of ether oxygens (including phenoxy) is 9. The average Bonchev–Trinajstić information content (AvgIpc) is 3.76. The molecule has 3 aliphatic heterocycles. The van der Waals surface area contributed by atoms with Gasteiger partial charge in [0.1, 0.15) is 0 Å². The fraction of sp³-hybridized carbons (Fsp3) is 1.00. The van der Waals surface area contributed by atoms with Crippen molar-refractivity contribution in [2.45, 2.75) is 108 Å². The summed E-state index contributed by atoms with van der Waals surface area (Å²) in [5.74, 6) is 0. The van der Waals surface area contributed by atoms with Crippen LogP contribution in [-0.4, -0.2) is 133 Å². The van der Waals surface area contributed by atoms with Gasteiger partial charge >= 0.3 is 0 Å². The molecule has 41 heavy (non-hydrogen) atoms. The molecule has 5 aliphatic rings. The van der Waals surface area contributed by atoms with Gasteiger partial charge in [0.15, 0.2) is 0 Å². The Bertz CT molecular complexity index is 458. The van der Waals surface area contributed by atoms with Crippen LogP contribution in [0.15, 0.2) is 0 Å². The third-order valence-corrected chi connectivity index (χ3v) is 7.54. The Labute approximate surface area is 251 Å². The lowest BCUT2D eigenvalue weighted by Gasteiger charge is -2.24. The molecule has 0 aromatic rings. The molecule has 5 fully saturated rings. The summed E-state index contributed by atoms with van der Waals surface area (Å²) < 4.78 is 44.7. The SMILES string of the molecule is COC1CCC1.COC1CCCC1.COCC(C)OC.COCC1CCO1.CO[C@@H]1CCNC1.CO[C@@H]1CCOC1. The largest absolute Gasteiger partial charge is 0.382 e. The molecular weight excluding hydrogens is 530 g/mol. The van der Waals surface area contributed by atoms with Crippen molar-refractivity contribution in [1.29, 1.82) is 0 Å². The lowest BCUT2D eigenvalue weighted by Crippen LogP contribution is -2.30. The molecule has 3 heterocycles. The van der Waals surface area contributed by atoms with Gasteiger partial charge in [0, 0.05) is 69.5 Å². The molecule has 0 radical (unpaired) electrons. The van der Waals surface area contributed by atoms with Gasteiger partial charge in [-0.25, -0.2) is 0 Å². The fourth-order valence-electron chi connectivity index (χ4n) is 4.16. The van der Waals surface area contributed by atoms with Gasteiger partial charge < -0.3 is 47.9 Å². The van der Waals surface area contributed by atoms with Crippen LogP contribution >= 0.6 is 0 Å². The van der Waals surface area contributed by atoms with E-state index < -0.39 is 0 Å². The maximum atomic E-state index is 5.11. The molecule has 0 aromatic heterocycles. The highest BCUT2D eigenvalue weighted by molar-refractivity contribution is 4.70. The topological polar surface area (TPSA) is 95.1 Å². The first kappa shape index (κ1) is 40.6. The standard InChI is InChI=1S/C6H12O.C5H11NO.2C5H10O2.C5H12O2.C5H10O/c1-7-6-4-2-3-5-6;1-7-5-2-3-6-4-5;1-6-5-2-3-7-4-5;1-6-4-5-2-3-7-5;1-5(7-3)4-6-2;1-6-5-3-2-4-5/h6H,2-5H2,1H3;5-6H,2-4H2,1H3;2*5H,2-4H2,1H3;5H,4H2,1-3H3;5H,2-4H2,1H3/t;2*5-;;;/m.11.../s1. The van der Waals surface area contributed by atoms with Gasteiger partial charge in [-0.3, -0.25) is 0 Å². The van der Waals surface area contributed by atoms with E-state index in [0.717, 1.165) is 45.9 Å². The Morgan fingerprint density at radius 3 is 1.44 bits per heavy atom. The Morgan fingerprint density at radius 1 is 0.659 bits per heavy atom. The van der Waals surface area contributed by atoms with Gasteiger partial charge in [-0.05, 0) is 64.8 Å². The second kappa shape index (κ2) is 29.7. The Kier molecular flexibility index (Phi) is 29.4. The molecule has 0 amide bonds. The number of rotatable bonds is 9. The van der Waals surface area contributed by atoms with Crippen LogP contribution in [0.1, 0.15) is 71.1 Å². The van der Waals surface area contributed by atoms with Crippen LogP contribution in [0.5, 0.6) is 0 Å². The Balaban J connectivity index is 0.000000469. The molecular formula is C31H65NO9. The van der Waals surface area contributed by atoms with E-state index in [2.05, 4.69) is 5.32 Å². The monoisotopic (exact) mass is 595 g/mol. The maximum Gasteiger partial charge on any atom is 0.0830 e. The smallest absolute Gasteiger partial charge is 0.0830 e. The second-order valence-electron chi connectivity index (χ2n) is 10.7. The summed E-state index contributed by atoms with van der Waals surface area (Å²) in [6.45, 7) is 8.15. The first-order valence-electron chi connectivity index (χ1n) is 15.5. The first-order valence-corrected chi connectivity index (χ1v) is 15.5. The van der Waals surface area contributed by atoms with E-state index >= 15 is 0 Å². The zero-order valence-electron chi connectivity index (χ0n) is 27.7. The van der Waals surface area contributed by atoms with Crippen LogP contribution in [0.2, 0.25) is 0 Å². The third-order valence-electron chi connectivity index (χ3n) is 7.54. The minimum absolute atomic E-state index is 0.227. The average molecular weight is 596 g/mol. The van der Waals surface area contributed by atoms with Gasteiger partial charge in [0.25, 0.3) is 0 Å². The van der Waals surface area contributed by atoms with E-state index in [9.17, 15) is 0 Å². The molecule has 2 saturated carbocycles. The van der Waals surface area contributed by atoms with Gasteiger partial charge in [-0.2, -0.15) is 0 Å². The lowest BCUT2D eigenvalue weighted by atomic mass is 9.96. The van der Waals surface area contributed by atoms with E-state index in [-0.39, 0.29) is 6.10 Å². The fourth-order valence-corrected chi connectivity index (χ4v) is 4.16. The lowest BCUT2D eigenvalue weighted by molar-refractivity contribution is -0.0857. The zero-order chi connectivity index (χ0) is 30.6. The molecule has 248 valence electrons. The molecule has 2 unspecified atom stereocenters. The van der Waals surface area contributed by atoms with Crippen LogP contribution in [0.3, 0.4) is 0 Å². The number of nitrogens with one attached hydrogen (secondary N) is 1. The molecule has 10 nitrogen and oxygen atoms in total. The van der Waals surface area contributed by atoms with Crippen molar-refractivity contribution in [3.63, 3.8) is 0 Å². The first-order chi connectivity index (χ1) is 20.0. The van der Waals surface area contributed by atoms with Crippen molar-refractivity contribution < 1.29 is 42.6 Å². The van der Waals surface area contributed by atoms with E-state index in [1.807, 2.05) is 6.92 Å². The van der Waals surface area contributed by atoms with Crippen molar-refractivity contribution in [2.75, 3.05) is 95.9 Å². The summed E-state index contributed by atoms with van der Waals surface area (Å²) in [4.78, 5) is 0. The predicted octanol–water partition coefficient (Wildman–Crippen LogP) is 4.27. The highest BCUT2D eigenvalue weighted by atomic mass is 16.5. The molecule has 5 rings (SSSR count). The second-order valence-corrected chi connectivity index (χ2v) is 10.7. The minimum atomic E-state index is 0.227. The number of methoxy groups -OCH3 is 7. The summed E-state index contributed by atoms with van der Waals surface area (Å²) in [6.07, 6.45) is 15.4. The predicted molar refractivity (Wildman–Crippen MR) is 163 cm³/mol. The van der Waals surface area contributed by atoms with Crippen molar-refractivity contribution >= 4 is 0 Å². The van der Waals surface area contributed by atoms with Crippen LogP contribution < -0.4 is 5.32 Å². The summed E-state index contributed by atoms with van der Waals surface area (Å²) >= 11 is 0. The van der Waals surface area contributed by atoms with Crippen LogP contribution in [0.4, 0.5) is 0 Å². The molecule has 3 saturated heterocycles. The molecule has 2 aliphatic carbocycles. The quantitative estimate of drug-likeness (QED) is 0.417. The maximum absolute atomic E-state index is 5.11. The highest BCUT2D eigenvalue weighted by Gasteiger charge is 2.17. The molecule has 0 spiro atoms. The summed E-state index contributed by atoms with van der Waals surface area (Å²) in [6, 6.07) is 0. The summed E-state index contributed by atoms with van der Waals surface area (Å²) in [5.41, 5.74) is 0. The van der Waals surface area contributed by atoms with Gasteiger partial charge in [-0.15, -0.1) is 0 Å². The molecule has 0 bridgehead atoms. The highest BCUT2D eigenvalue weighted by Crippen LogP contribution is 2.20. The van der Waals surface area contributed by atoms with Crippen molar-refractivity contribution in [3.05, 3.63) is 0 Å². The summed E-state index contributed by atoms with van der Waals surface area (Å²) in [5, 5.41) is 3.20. The van der Waals surface area contributed by atoms with Gasteiger partial charge in [0.2, 0.25) is 0 Å². The van der Waals surface area contributed by atoms with Crippen LogP contribution in [0.25, 0.3) is 0 Å². The van der Waals surface area contributed by atoms with Gasteiger partial charge in [-0.1, -0.05) is 12.8 Å². The third kappa shape index (κ3) is 23.7. The zero-order valence-corrected chi connectivity index (χ0v) is 27.7. The van der Waals surface area contributed by atoms with Gasteiger partial charge in [0.05, 0.1) is 56.4 Å². The van der Waals surface area contributed by atoms with E-state index in [4.69, 9.17) is 42.6 Å². The molecule has 10 heteroatoms. The normalized spacial score (nSPS) is 25.6. The molecule has 1 N–H and O–H groups in total. The van der Waals surface area contributed by atoms with E-state index in [1.54, 1.807) is 49.8 Å². The molecule has 0 aromatic carbocycles. The van der Waals surface area contributed by atoms with E-state index in [1.165, 1.54) is 57.8 Å². The van der Waals surface area contributed by atoms with E-state index in [0.29, 0.717) is 37.1 Å². The molecule has 4 atom stereocenters. The van der Waals surface area contributed by atoms with Crippen LogP contribution in [0, 0.1) is 0 Å². The Morgan fingerprint density at radius 2 is 1.24 bits per heavy atom. The van der Waals surface area contributed by atoms with Crippen molar-refractivity contribution in [1.82, 2.24) is 5.32 Å². The summed E-state index contributed by atoms with van der Waals surface area (Å²) in [7, 11) is 12.1. The number of hydrogen-bond acceptors (Lipinski definition) is 10.